The fourth-order valence-corrected chi connectivity index (χ4v) is 3.90. The molecule has 144 valence electrons. The minimum atomic E-state index is -0.561. The van der Waals surface area contributed by atoms with Crippen LogP contribution in [0.25, 0.3) is 0 Å². The number of amides is 3. The molecule has 1 fully saturated rings. The second kappa shape index (κ2) is 8.61. The molecule has 1 heterocycles. The summed E-state index contributed by atoms with van der Waals surface area (Å²) >= 11 is 12.1. The van der Waals surface area contributed by atoms with Crippen molar-refractivity contribution in [2.75, 3.05) is 25.0 Å². The smallest absolute Gasteiger partial charge is 0.328 e. The average Bonchev–Trinajstić information content (AvgIpc) is 3.17. The summed E-state index contributed by atoms with van der Waals surface area (Å²) in [5.41, 5.74) is 1.80. The van der Waals surface area contributed by atoms with Crippen LogP contribution in [-0.4, -0.2) is 32.1 Å². The van der Waals surface area contributed by atoms with Gasteiger partial charge >= 0.3 is 6.03 Å². The second-order valence-electron chi connectivity index (χ2n) is 6.46. The summed E-state index contributed by atoms with van der Waals surface area (Å²) in [5, 5.41) is 15.4. The number of hydrogen-bond acceptors (Lipinski definition) is 4. The van der Waals surface area contributed by atoms with Crippen LogP contribution in [0.1, 0.15) is 17.0 Å². The minimum Gasteiger partial charge on any atom is -0.340 e. The van der Waals surface area contributed by atoms with Gasteiger partial charge in [0.25, 0.3) is 0 Å². The van der Waals surface area contributed by atoms with E-state index in [4.69, 9.17) is 28.5 Å². The maximum absolute atomic E-state index is 13.4. The molecule has 2 aromatic carbocycles. The van der Waals surface area contributed by atoms with Crippen molar-refractivity contribution in [2.24, 2.45) is 5.92 Å². The van der Waals surface area contributed by atoms with Crippen LogP contribution >= 0.6 is 23.2 Å². The third-order valence-electron chi connectivity index (χ3n) is 4.74. The van der Waals surface area contributed by atoms with Crippen molar-refractivity contribution in [1.82, 2.24) is 10.6 Å². The van der Waals surface area contributed by atoms with Crippen molar-refractivity contribution >= 4 is 40.8 Å². The highest BCUT2D eigenvalue weighted by molar-refractivity contribution is 6.35. The van der Waals surface area contributed by atoms with Crippen LogP contribution in [0.3, 0.4) is 0 Å². The average molecular weight is 417 g/mol. The SMILES string of the molecule is CNC(=O)N(C(=O)[C@H]1CNC[C@H]1c1ccc(C#N)cc1)c1cc(Cl)cc(Cl)c1. The maximum Gasteiger partial charge on any atom is 0.328 e. The summed E-state index contributed by atoms with van der Waals surface area (Å²) in [6, 6.07) is 13.3. The molecule has 2 aromatic rings. The number of benzene rings is 2. The summed E-state index contributed by atoms with van der Waals surface area (Å²) < 4.78 is 0. The predicted molar refractivity (Wildman–Crippen MR) is 109 cm³/mol. The highest BCUT2D eigenvalue weighted by atomic mass is 35.5. The lowest BCUT2D eigenvalue weighted by molar-refractivity contribution is -0.121. The molecule has 1 aliphatic rings. The third-order valence-corrected chi connectivity index (χ3v) is 5.18. The Labute approximate surface area is 173 Å². The van der Waals surface area contributed by atoms with Gasteiger partial charge in [0.2, 0.25) is 5.91 Å². The molecule has 2 N–H and O–H groups in total. The number of nitrogens with one attached hydrogen (secondary N) is 2. The number of anilines is 1. The maximum atomic E-state index is 13.4. The van der Waals surface area contributed by atoms with Gasteiger partial charge in [-0.2, -0.15) is 5.26 Å². The largest absolute Gasteiger partial charge is 0.340 e. The molecule has 0 bridgehead atoms. The van der Waals surface area contributed by atoms with Crippen molar-refractivity contribution in [2.45, 2.75) is 5.92 Å². The number of nitriles is 1. The van der Waals surface area contributed by atoms with Gasteiger partial charge in [-0.25, -0.2) is 9.69 Å². The van der Waals surface area contributed by atoms with E-state index in [9.17, 15) is 9.59 Å². The molecule has 2 atom stereocenters. The molecule has 8 heteroatoms. The van der Waals surface area contributed by atoms with Crippen LogP contribution in [0, 0.1) is 17.2 Å². The minimum absolute atomic E-state index is 0.123. The summed E-state index contributed by atoms with van der Waals surface area (Å²) in [6.07, 6.45) is 0. The van der Waals surface area contributed by atoms with E-state index in [-0.39, 0.29) is 11.8 Å². The van der Waals surface area contributed by atoms with E-state index in [1.54, 1.807) is 12.1 Å². The Balaban J connectivity index is 1.95. The standard InChI is InChI=1S/C20H18Cl2N4O2/c1-24-20(28)26(16-7-14(21)6-15(22)8-16)19(27)18-11-25-10-17(18)13-4-2-12(9-23)3-5-13/h2-8,17-18,25H,10-11H2,1H3,(H,24,28)/t17-,18-/m0/s1. The van der Waals surface area contributed by atoms with Crippen LogP contribution < -0.4 is 15.5 Å². The van der Waals surface area contributed by atoms with Gasteiger partial charge in [-0.1, -0.05) is 35.3 Å². The zero-order chi connectivity index (χ0) is 20.3. The number of hydrogen-bond donors (Lipinski definition) is 2. The molecule has 0 aliphatic carbocycles. The zero-order valence-corrected chi connectivity index (χ0v) is 16.6. The van der Waals surface area contributed by atoms with Gasteiger partial charge in [-0.15, -0.1) is 0 Å². The van der Waals surface area contributed by atoms with Crippen molar-refractivity contribution < 1.29 is 9.59 Å². The van der Waals surface area contributed by atoms with E-state index in [0.29, 0.717) is 34.4 Å². The molecule has 0 saturated carbocycles. The molecule has 0 unspecified atom stereocenters. The van der Waals surface area contributed by atoms with Crippen molar-refractivity contribution in [3.05, 3.63) is 63.6 Å². The van der Waals surface area contributed by atoms with E-state index in [1.165, 1.54) is 25.2 Å². The van der Waals surface area contributed by atoms with Gasteiger partial charge in [0.1, 0.15) is 0 Å². The number of nitrogens with zero attached hydrogens (tertiary/aromatic N) is 2. The number of carbonyl (C=O) groups is 2. The first-order valence-corrected chi connectivity index (χ1v) is 9.42. The molecular formula is C20H18Cl2N4O2. The first-order chi connectivity index (χ1) is 13.4. The Bertz CT molecular complexity index is 920. The van der Waals surface area contributed by atoms with Gasteiger partial charge in [-0.05, 0) is 35.9 Å². The number of rotatable bonds is 3. The van der Waals surface area contributed by atoms with Crippen molar-refractivity contribution in [3.63, 3.8) is 0 Å². The van der Waals surface area contributed by atoms with Crippen molar-refractivity contribution in [3.8, 4) is 6.07 Å². The van der Waals surface area contributed by atoms with E-state index < -0.39 is 11.9 Å². The number of imide groups is 1. The van der Waals surface area contributed by atoms with Crippen LogP contribution in [-0.2, 0) is 4.79 Å². The molecule has 1 aliphatic heterocycles. The van der Waals surface area contributed by atoms with Crippen LogP contribution in [0.5, 0.6) is 0 Å². The van der Waals surface area contributed by atoms with Crippen LogP contribution in [0.15, 0.2) is 42.5 Å². The van der Waals surface area contributed by atoms with Crippen molar-refractivity contribution in [1.29, 1.82) is 5.26 Å². The Hall–Kier alpha value is -2.59. The van der Waals surface area contributed by atoms with Crippen LogP contribution in [0.4, 0.5) is 10.5 Å². The highest BCUT2D eigenvalue weighted by Crippen LogP contribution is 2.33. The van der Waals surface area contributed by atoms with Crippen LogP contribution in [0.2, 0.25) is 10.0 Å². The molecular weight excluding hydrogens is 399 g/mol. The Morgan fingerprint density at radius 2 is 1.79 bits per heavy atom. The Kier molecular flexibility index (Phi) is 6.20. The number of urea groups is 1. The zero-order valence-electron chi connectivity index (χ0n) is 15.1. The molecule has 3 amide bonds. The Morgan fingerprint density at radius 3 is 2.36 bits per heavy atom. The van der Waals surface area contributed by atoms with E-state index in [2.05, 4.69) is 16.7 Å². The molecule has 0 radical (unpaired) electrons. The van der Waals surface area contributed by atoms with Gasteiger partial charge in [0, 0.05) is 36.1 Å². The lowest BCUT2D eigenvalue weighted by atomic mass is 9.87. The highest BCUT2D eigenvalue weighted by Gasteiger charge is 2.39. The first-order valence-electron chi connectivity index (χ1n) is 8.67. The Morgan fingerprint density at radius 1 is 1.14 bits per heavy atom. The van der Waals surface area contributed by atoms with E-state index >= 15 is 0 Å². The summed E-state index contributed by atoms with van der Waals surface area (Å²) in [5.74, 6) is -0.929. The molecule has 3 rings (SSSR count). The summed E-state index contributed by atoms with van der Waals surface area (Å²) in [4.78, 5) is 26.9. The van der Waals surface area contributed by atoms with E-state index in [1.807, 2.05) is 12.1 Å². The normalized spacial score (nSPS) is 18.4. The van der Waals surface area contributed by atoms with E-state index in [0.717, 1.165) is 10.5 Å². The lowest BCUT2D eigenvalue weighted by Gasteiger charge is -2.26. The molecule has 28 heavy (non-hydrogen) atoms. The molecule has 0 aromatic heterocycles. The number of halogens is 2. The van der Waals surface area contributed by atoms with Gasteiger partial charge in [0.05, 0.1) is 23.2 Å². The van der Waals surface area contributed by atoms with Gasteiger partial charge in [0.15, 0.2) is 0 Å². The monoisotopic (exact) mass is 416 g/mol. The first kappa shape index (κ1) is 20.2. The fourth-order valence-electron chi connectivity index (χ4n) is 3.38. The number of carbonyl (C=O) groups excluding carboxylic acids is 2. The fraction of sp³-hybridized carbons (Fsp3) is 0.250. The molecule has 6 nitrogen and oxygen atoms in total. The second-order valence-corrected chi connectivity index (χ2v) is 7.33. The summed E-state index contributed by atoms with van der Waals surface area (Å²) in [6.45, 7) is 1.03. The lowest BCUT2D eigenvalue weighted by Crippen LogP contribution is -2.47. The topological polar surface area (TPSA) is 85.2 Å². The molecule has 0 spiro atoms. The van der Waals surface area contributed by atoms with Gasteiger partial charge < -0.3 is 10.6 Å². The summed E-state index contributed by atoms with van der Waals surface area (Å²) in [7, 11) is 1.46. The quantitative estimate of drug-likeness (QED) is 0.800. The van der Waals surface area contributed by atoms with Gasteiger partial charge in [-0.3, -0.25) is 4.79 Å². The predicted octanol–water partition coefficient (Wildman–Crippen LogP) is 3.54. The molecule has 1 saturated heterocycles. The third kappa shape index (κ3) is 4.12.